The van der Waals surface area contributed by atoms with E-state index in [1.165, 1.54) is 24.0 Å². The number of alkyl carbamates (subject to hydrolysis) is 1. The first-order chi connectivity index (χ1) is 13.2. The smallest absolute Gasteiger partial charge is 0.407 e. The molecule has 0 spiro atoms. The van der Waals surface area contributed by atoms with Gasteiger partial charge in [-0.3, -0.25) is 4.79 Å². The fraction of sp³-hybridized carbons (Fsp3) is 0.429. The van der Waals surface area contributed by atoms with E-state index < -0.39 is 6.09 Å². The number of hydrogen-bond acceptors (Lipinski definition) is 4. The highest BCUT2D eigenvalue weighted by atomic mass is 32.1. The fourth-order valence-corrected chi connectivity index (χ4v) is 4.20. The standard InChI is InChI=1S/C21H26N2O3S/c1-2-26-21(25)22-12-11-19(24)23-20(18-8-5-13-27-18)17-10-9-15-6-3-4-7-16(15)14-17/h5,8-10,13-14,20H,2-4,6-7,11-12H2,1H3,(H,22,25)(H,23,24). The molecule has 1 atom stereocenters. The second-order valence-corrected chi connectivity index (χ2v) is 7.63. The van der Waals surface area contributed by atoms with Gasteiger partial charge in [0, 0.05) is 17.8 Å². The van der Waals surface area contributed by atoms with Crippen LogP contribution in [0.15, 0.2) is 35.7 Å². The number of carbonyl (C=O) groups is 2. The number of fused-ring (bicyclic) bond motifs is 1. The van der Waals surface area contributed by atoms with Crippen molar-refractivity contribution in [3.63, 3.8) is 0 Å². The minimum atomic E-state index is -0.491. The normalized spacial score (nSPS) is 14.1. The lowest BCUT2D eigenvalue weighted by molar-refractivity contribution is -0.121. The Morgan fingerprint density at radius 3 is 2.74 bits per heavy atom. The highest BCUT2D eigenvalue weighted by molar-refractivity contribution is 7.10. The molecule has 0 saturated carbocycles. The molecule has 3 rings (SSSR count). The summed E-state index contributed by atoms with van der Waals surface area (Å²) in [4.78, 5) is 24.9. The van der Waals surface area contributed by atoms with Gasteiger partial charge in [-0.1, -0.05) is 24.3 Å². The second kappa shape index (κ2) is 9.55. The number of thiophene rings is 1. The molecule has 27 heavy (non-hydrogen) atoms. The summed E-state index contributed by atoms with van der Waals surface area (Å²) < 4.78 is 4.81. The van der Waals surface area contributed by atoms with Crippen LogP contribution in [0.5, 0.6) is 0 Å². The molecule has 0 saturated heterocycles. The minimum absolute atomic E-state index is 0.0945. The SMILES string of the molecule is CCOC(=O)NCCC(=O)NC(c1ccc2c(c1)CCCC2)c1cccs1. The average Bonchev–Trinajstić information content (AvgIpc) is 3.20. The second-order valence-electron chi connectivity index (χ2n) is 6.65. The molecule has 5 nitrogen and oxygen atoms in total. The molecule has 1 aliphatic carbocycles. The van der Waals surface area contributed by atoms with Gasteiger partial charge >= 0.3 is 6.09 Å². The third-order valence-electron chi connectivity index (χ3n) is 4.74. The van der Waals surface area contributed by atoms with E-state index in [0.29, 0.717) is 6.61 Å². The predicted octanol–water partition coefficient (Wildman–Crippen LogP) is 3.97. The van der Waals surface area contributed by atoms with Crippen molar-refractivity contribution in [3.05, 3.63) is 57.3 Å². The molecule has 0 radical (unpaired) electrons. The van der Waals surface area contributed by atoms with Gasteiger partial charge in [-0.2, -0.15) is 0 Å². The van der Waals surface area contributed by atoms with E-state index in [-0.39, 0.29) is 24.9 Å². The lowest BCUT2D eigenvalue weighted by atomic mass is 9.89. The van der Waals surface area contributed by atoms with Crippen LogP contribution in [0.2, 0.25) is 0 Å². The van der Waals surface area contributed by atoms with Crippen molar-refractivity contribution in [2.24, 2.45) is 0 Å². The molecule has 1 heterocycles. The Labute approximate surface area is 164 Å². The summed E-state index contributed by atoms with van der Waals surface area (Å²) in [6.45, 7) is 2.32. The van der Waals surface area contributed by atoms with Gasteiger partial charge in [0.15, 0.2) is 0 Å². The summed E-state index contributed by atoms with van der Waals surface area (Å²) in [6.07, 6.45) is 4.46. The van der Waals surface area contributed by atoms with Crippen LogP contribution in [-0.4, -0.2) is 25.2 Å². The molecule has 1 aromatic carbocycles. The van der Waals surface area contributed by atoms with Crippen molar-refractivity contribution in [1.29, 1.82) is 0 Å². The molecule has 1 unspecified atom stereocenters. The lowest BCUT2D eigenvalue weighted by Gasteiger charge is -2.22. The van der Waals surface area contributed by atoms with Crippen LogP contribution in [0.1, 0.15) is 53.8 Å². The largest absolute Gasteiger partial charge is 0.450 e. The number of amides is 2. The van der Waals surface area contributed by atoms with Crippen molar-refractivity contribution in [2.45, 2.75) is 45.1 Å². The van der Waals surface area contributed by atoms with E-state index in [2.05, 4.69) is 28.8 Å². The lowest BCUT2D eigenvalue weighted by Crippen LogP contribution is -2.33. The van der Waals surface area contributed by atoms with Crippen molar-refractivity contribution >= 4 is 23.3 Å². The summed E-state index contributed by atoms with van der Waals surface area (Å²) in [5.74, 6) is -0.0945. The Kier molecular flexibility index (Phi) is 6.87. The quantitative estimate of drug-likeness (QED) is 0.757. The van der Waals surface area contributed by atoms with Crippen LogP contribution in [0, 0.1) is 0 Å². The third-order valence-corrected chi connectivity index (χ3v) is 5.67. The molecule has 144 valence electrons. The Morgan fingerprint density at radius 2 is 2.00 bits per heavy atom. The van der Waals surface area contributed by atoms with Gasteiger partial charge in [0.25, 0.3) is 0 Å². The zero-order chi connectivity index (χ0) is 19.1. The number of rotatable bonds is 7. The van der Waals surface area contributed by atoms with Crippen molar-refractivity contribution in [3.8, 4) is 0 Å². The van der Waals surface area contributed by atoms with E-state index in [4.69, 9.17) is 4.74 Å². The van der Waals surface area contributed by atoms with Crippen LogP contribution in [0.25, 0.3) is 0 Å². The molecule has 2 amide bonds. The zero-order valence-electron chi connectivity index (χ0n) is 15.6. The zero-order valence-corrected chi connectivity index (χ0v) is 16.4. The molecule has 0 aliphatic heterocycles. The van der Waals surface area contributed by atoms with Crippen molar-refractivity contribution in [1.82, 2.24) is 10.6 Å². The molecule has 2 aromatic rings. The van der Waals surface area contributed by atoms with Gasteiger partial charge < -0.3 is 15.4 Å². The van der Waals surface area contributed by atoms with E-state index in [1.807, 2.05) is 17.5 Å². The molecule has 1 aromatic heterocycles. The fourth-order valence-electron chi connectivity index (χ4n) is 3.40. The van der Waals surface area contributed by atoms with E-state index in [0.717, 1.165) is 23.3 Å². The topological polar surface area (TPSA) is 67.4 Å². The number of carbonyl (C=O) groups excluding carboxylic acids is 2. The van der Waals surface area contributed by atoms with Gasteiger partial charge in [-0.05, 0) is 60.7 Å². The summed E-state index contributed by atoms with van der Waals surface area (Å²) in [5, 5.41) is 7.73. The third kappa shape index (κ3) is 5.32. The molecule has 1 aliphatic rings. The van der Waals surface area contributed by atoms with Crippen LogP contribution >= 0.6 is 11.3 Å². The monoisotopic (exact) mass is 386 g/mol. The van der Waals surface area contributed by atoms with E-state index >= 15 is 0 Å². The highest BCUT2D eigenvalue weighted by Gasteiger charge is 2.20. The number of benzene rings is 1. The first kappa shape index (κ1) is 19.4. The van der Waals surface area contributed by atoms with Gasteiger partial charge in [-0.15, -0.1) is 11.3 Å². The van der Waals surface area contributed by atoms with E-state index in [9.17, 15) is 9.59 Å². The Bertz CT molecular complexity index is 774. The average molecular weight is 387 g/mol. The molecule has 0 fully saturated rings. The summed E-state index contributed by atoms with van der Waals surface area (Å²) in [7, 11) is 0. The number of aryl methyl sites for hydroxylation is 2. The highest BCUT2D eigenvalue weighted by Crippen LogP contribution is 2.30. The van der Waals surface area contributed by atoms with Crippen molar-refractivity contribution < 1.29 is 14.3 Å². The van der Waals surface area contributed by atoms with Gasteiger partial charge in [-0.25, -0.2) is 4.79 Å². The summed E-state index contributed by atoms with van der Waals surface area (Å²) in [5.41, 5.74) is 3.95. The molecular formula is C21H26N2O3S. The Balaban J connectivity index is 1.68. The van der Waals surface area contributed by atoms with Gasteiger partial charge in [0.05, 0.1) is 12.6 Å². The number of nitrogens with one attached hydrogen (secondary N) is 2. The minimum Gasteiger partial charge on any atom is -0.450 e. The molecule has 2 N–H and O–H groups in total. The van der Waals surface area contributed by atoms with Crippen LogP contribution in [0.4, 0.5) is 4.79 Å². The van der Waals surface area contributed by atoms with Crippen LogP contribution in [-0.2, 0) is 22.4 Å². The Morgan fingerprint density at radius 1 is 1.19 bits per heavy atom. The maximum Gasteiger partial charge on any atom is 0.407 e. The molecular weight excluding hydrogens is 360 g/mol. The first-order valence-corrected chi connectivity index (χ1v) is 10.4. The molecule has 6 heteroatoms. The van der Waals surface area contributed by atoms with Crippen LogP contribution in [0.3, 0.4) is 0 Å². The predicted molar refractivity (Wildman–Crippen MR) is 107 cm³/mol. The first-order valence-electron chi connectivity index (χ1n) is 9.52. The van der Waals surface area contributed by atoms with Gasteiger partial charge in [0.2, 0.25) is 5.91 Å². The molecule has 0 bridgehead atoms. The summed E-state index contributed by atoms with van der Waals surface area (Å²) in [6, 6.07) is 10.5. The Hall–Kier alpha value is -2.34. The summed E-state index contributed by atoms with van der Waals surface area (Å²) >= 11 is 1.64. The van der Waals surface area contributed by atoms with Crippen molar-refractivity contribution in [2.75, 3.05) is 13.2 Å². The maximum atomic E-state index is 12.5. The number of ether oxygens (including phenoxy) is 1. The van der Waals surface area contributed by atoms with Gasteiger partial charge in [0.1, 0.15) is 0 Å². The maximum absolute atomic E-state index is 12.5. The van der Waals surface area contributed by atoms with E-state index in [1.54, 1.807) is 18.3 Å². The number of hydrogen-bond donors (Lipinski definition) is 2. The van der Waals surface area contributed by atoms with Crippen LogP contribution < -0.4 is 10.6 Å².